The normalized spacial score (nSPS) is 18.4. The zero-order valence-corrected chi connectivity index (χ0v) is 19.0. The van der Waals surface area contributed by atoms with Crippen LogP contribution in [0.3, 0.4) is 0 Å². The largest absolute Gasteiger partial charge is 0.497 e. The van der Waals surface area contributed by atoms with E-state index in [9.17, 15) is 0 Å². The summed E-state index contributed by atoms with van der Waals surface area (Å²) >= 11 is 4.02. The number of furan rings is 1. The molecule has 0 saturated carbocycles. The van der Waals surface area contributed by atoms with Crippen LogP contribution in [0.2, 0.25) is 0 Å². The van der Waals surface area contributed by atoms with Gasteiger partial charge in [0, 0.05) is 28.7 Å². The predicted molar refractivity (Wildman–Crippen MR) is 131 cm³/mol. The van der Waals surface area contributed by atoms with Crippen LogP contribution in [0.1, 0.15) is 6.92 Å². The van der Waals surface area contributed by atoms with Crippen LogP contribution in [0.5, 0.6) is 5.75 Å². The highest BCUT2D eigenvalue weighted by molar-refractivity contribution is 8.20. The molecule has 2 unspecified atom stereocenters. The Bertz CT molecular complexity index is 1180. The first-order valence-corrected chi connectivity index (χ1v) is 12.2. The summed E-state index contributed by atoms with van der Waals surface area (Å²) in [5.41, 5.74) is 3.63. The Morgan fingerprint density at radius 1 is 1.06 bits per heavy atom. The molecule has 0 amide bonds. The van der Waals surface area contributed by atoms with Crippen molar-refractivity contribution in [3.05, 3.63) is 60.9 Å². The lowest BCUT2D eigenvalue weighted by atomic mass is 9.99. The molecule has 0 radical (unpaired) electrons. The second-order valence-corrected chi connectivity index (χ2v) is 10.6. The molecule has 5 nitrogen and oxygen atoms in total. The number of ether oxygens (including phenoxy) is 1. The molecule has 2 aromatic heterocycles. The number of nitrogens with zero attached hydrogens (tertiary/aromatic N) is 2. The zero-order valence-electron chi connectivity index (χ0n) is 17.4. The van der Waals surface area contributed by atoms with Crippen LogP contribution in [-0.4, -0.2) is 39.2 Å². The predicted octanol–water partition coefficient (Wildman–Crippen LogP) is 6.17. The van der Waals surface area contributed by atoms with Gasteiger partial charge in [-0.05, 0) is 29.8 Å². The highest BCUT2D eigenvalue weighted by atomic mass is 32.2. The van der Waals surface area contributed by atoms with Crippen LogP contribution < -0.4 is 10.1 Å². The fourth-order valence-corrected chi connectivity index (χ4v) is 6.81. The number of hydrogen-bond donors (Lipinski definition) is 1. The van der Waals surface area contributed by atoms with Gasteiger partial charge in [0.1, 0.15) is 23.7 Å². The number of rotatable bonds is 6. The Balaban J connectivity index is 1.61. The first-order valence-electron chi connectivity index (χ1n) is 10.2. The topological polar surface area (TPSA) is 60.2 Å². The van der Waals surface area contributed by atoms with Gasteiger partial charge in [0.2, 0.25) is 5.71 Å². The van der Waals surface area contributed by atoms with Crippen LogP contribution in [-0.2, 0) is 0 Å². The van der Waals surface area contributed by atoms with Crippen LogP contribution in [0.15, 0.2) is 65.3 Å². The highest BCUT2D eigenvalue weighted by Crippen LogP contribution is 2.43. The van der Waals surface area contributed by atoms with Crippen LogP contribution in [0.4, 0.5) is 5.82 Å². The standard InChI is InChI=1S/C24H23N3O2S2/c1-15-13-30-19(31-15)12-25-23-21-20(16-6-4-3-5-7-16)22(29-24(21)27-14-26-23)17-8-10-18(28-2)11-9-17/h3-11,14-15,19H,12-13H2,1-2H3,(H,25,26,27). The van der Waals surface area contributed by atoms with Gasteiger partial charge in [0.05, 0.1) is 17.1 Å². The summed E-state index contributed by atoms with van der Waals surface area (Å²) in [5, 5.41) is 5.18. The van der Waals surface area contributed by atoms with E-state index in [4.69, 9.17) is 9.15 Å². The first-order chi connectivity index (χ1) is 15.2. The van der Waals surface area contributed by atoms with E-state index < -0.39 is 0 Å². The van der Waals surface area contributed by atoms with Gasteiger partial charge in [-0.2, -0.15) is 0 Å². The van der Waals surface area contributed by atoms with Gasteiger partial charge in [-0.25, -0.2) is 9.97 Å². The zero-order chi connectivity index (χ0) is 21.2. The second-order valence-electron chi connectivity index (χ2n) is 7.39. The molecule has 158 valence electrons. The summed E-state index contributed by atoms with van der Waals surface area (Å²) in [6, 6.07) is 18.2. The molecular weight excluding hydrogens is 426 g/mol. The fourth-order valence-electron chi connectivity index (χ4n) is 3.76. The molecule has 4 aromatic rings. The number of methoxy groups -OCH3 is 1. The average Bonchev–Trinajstić information content (AvgIpc) is 3.42. The van der Waals surface area contributed by atoms with Gasteiger partial charge in [0.25, 0.3) is 0 Å². The van der Waals surface area contributed by atoms with Crippen molar-refractivity contribution < 1.29 is 9.15 Å². The van der Waals surface area contributed by atoms with Crippen LogP contribution in [0, 0.1) is 0 Å². The van der Waals surface area contributed by atoms with E-state index in [1.165, 1.54) is 5.75 Å². The molecule has 5 rings (SSSR count). The number of benzene rings is 2. The molecular formula is C24H23N3O2S2. The number of hydrogen-bond acceptors (Lipinski definition) is 7. The maximum absolute atomic E-state index is 6.30. The van der Waals surface area contributed by atoms with Crippen molar-refractivity contribution in [1.29, 1.82) is 0 Å². The Morgan fingerprint density at radius 3 is 2.58 bits per heavy atom. The lowest BCUT2D eigenvalue weighted by molar-refractivity contribution is 0.415. The Hall–Kier alpha value is -2.64. The van der Waals surface area contributed by atoms with Crippen molar-refractivity contribution in [2.45, 2.75) is 16.8 Å². The van der Waals surface area contributed by atoms with Gasteiger partial charge < -0.3 is 14.5 Å². The van der Waals surface area contributed by atoms with Gasteiger partial charge in [0.15, 0.2) is 0 Å². The smallest absolute Gasteiger partial charge is 0.232 e. The Labute approximate surface area is 190 Å². The SMILES string of the molecule is COc1ccc(-c2oc3ncnc(NCC4SCC(C)S4)c3c2-c2ccccc2)cc1. The summed E-state index contributed by atoms with van der Waals surface area (Å²) in [4.78, 5) is 9.03. The van der Waals surface area contributed by atoms with Crippen molar-refractivity contribution in [3.63, 3.8) is 0 Å². The minimum absolute atomic E-state index is 0.521. The van der Waals surface area contributed by atoms with Gasteiger partial charge in [-0.1, -0.05) is 37.3 Å². The lowest BCUT2D eigenvalue weighted by Gasteiger charge is -2.12. The molecule has 1 N–H and O–H groups in total. The van der Waals surface area contributed by atoms with Crippen molar-refractivity contribution in [2.75, 3.05) is 24.7 Å². The van der Waals surface area contributed by atoms with E-state index in [-0.39, 0.29) is 0 Å². The summed E-state index contributed by atoms with van der Waals surface area (Å²) in [7, 11) is 1.67. The molecule has 3 heterocycles. The van der Waals surface area contributed by atoms with Gasteiger partial charge in [-0.3, -0.25) is 0 Å². The quantitative estimate of drug-likeness (QED) is 0.377. The maximum Gasteiger partial charge on any atom is 0.232 e. The molecule has 0 spiro atoms. The van der Waals surface area contributed by atoms with Crippen molar-refractivity contribution in [1.82, 2.24) is 9.97 Å². The fraction of sp³-hybridized carbons (Fsp3) is 0.250. The molecule has 1 aliphatic rings. The molecule has 2 aromatic carbocycles. The maximum atomic E-state index is 6.30. The summed E-state index contributed by atoms with van der Waals surface area (Å²) < 4.78 is 12.1. The monoisotopic (exact) mass is 449 g/mol. The molecule has 0 aliphatic carbocycles. The van der Waals surface area contributed by atoms with Crippen molar-refractivity contribution in [2.24, 2.45) is 0 Å². The Morgan fingerprint density at radius 2 is 1.87 bits per heavy atom. The lowest BCUT2D eigenvalue weighted by Crippen LogP contribution is -2.12. The second kappa shape index (κ2) is 8.85. The van der Waals surface area contributed by atoms with E-state index in [0.29, 0.717) is 15.5 Å². The highest BCUT2D eigenvalue weighted by Gasteiger charge is 2.25. The number of nitrogens with one attached hydrogen (secondary N) is 1. The molecule has 1 fully saturated rings. The van der Waals surface area contributed by atoms with E-state index in [2.05, 4.69) is 34.3 Å². The third kappa shape index (κ3) is 4.12. The number of thioether (sulfide) groups is 2. The molecule has 0 bridgehead atoms. The number of aromatic nitrogens is 2. The van der Waals surface area contributed by atoms with Gasteiger partial charge >= 0.3 is 0 Å². The van der Waals surface area contributed by atoms with Crippen molar-refractivity contribution in [3.8, 4) is 28.2 Å². The molecule has 1 aliphatic heterocycles. The summed E-state index contributed by atoms with van der Waals surface area (Å²) in [6.07, 6.45) is 1.57. The van der Waals surface area contributed by atoms with E-state index in [0.717, 1.165) is 45.9 Å². The Kier molecular flexibility index (Phi) is 5.78. The third-order valence-corrected chi connectivity index (χ3v) is 8.53. The summed E-state index contributed by atoms with van der Waals surface area (Å²) in [5.74, 6) is 3.60. The molecule has 7 heteroatoms. The van der Waals surface area contributed by atoms with Gasteiger partial charge in [-0.15, -0.1) is 23.5 Å². The minimum Gasteiger partial charge on any atom is -0.497 e. The van der Waals surface area contributed by atoms with Crippen LogP contribution >= 0.6 is 23.5 Å². The van der Waals surface area contributed by atoms with Crippen LogP contribution in [0.25, 0.3) is 33.6 Å². The molecule has 31 heavy (non-hydrogen) atoms. The van der Waals surface area contributed by atoms with E-state index >= 15 is 0 Å². The van der Waals surface area contributed by atoms with Crippen molar-refractivity contribution >= 4 is 40.4 Å². The first kappa shape index (κ1) is 20.3. The summed E-state index contributed by atoms with van der Waals surface area (Å²) in [6.45, 7) is 3.13. The number of anilines is 1. The number of fused-ring (bicyclic) bond motifs is 1. The minimum atomic E-state index is 0.521. The molecule has 1 saturated heterocycles. The van der Waals surface area contributed by atoms with E-state index in [1.807, 2.05) is 66.0 Å². The average molecular weight is 450 g/mol. The van der Waals surface area contributed by atoms with E-state index in [1.54, 1.807) is 13.4 Å². The third-order valence-electron chi connectivity index (χ3n) is 5.24. The molecule has 2 atom stereocenters.